The molecule has 0 aliphatic rings. The molecule has 3 heterocycles. The Kier molecular flexibility index (Phi) is 4.33. The van der Waals surface area contributed by atoms with E-state index in [1.54, 1.807) is 28.7 Å². The number of nitrogen functional groups attached to an aromatic ring is 2. The van der Waals surface area contributed by atoms with Gasteiger partial charge in [-0.3, -0.25) is 4.98 Å². The Balaban J connectivity index is 2.16. The molecule has 3 aromatic heterocycles. The van der Waals surface area contributed by atoms with E-state index in [-0.39, 0.29) is 52.4 Å². The normalized spacial score (nSPS) is 11.7. The molecule has 0 aliphatic carbocycles. The van der Waals surface area contributed by atoms with Crippen LogP contribution >= 0.6 is 34.8 Å². The number of anilines is 1. The monoisotopic (exact) mass is 540 g/mol. The number of rotatable bonds is 2. The van der Waals surface area contributed by atoms with Crippen LogP contribution < -0.4 is 11.6 Å². The summed E-state index contributed by atoms with van der Waals surface area (Å²) in [6.45, 7) is 0. The molecule has 0 atom stereocenters. The Labute approximate surface area is 181 Å². The molecule has 146 valence electrons. The predicted octanol–water partition coefficient (Wildman–Crippen LogP) is 1.23. The number of aromatic nitrogens is 5. The fourth-order valence-electron chi connectivity index (χ4n) is 2.81. The standard InChI is InChI=1S/C15H9IN8O3S2/c16-7-4-9(6-2-1-3-20-11(6)12(7)25)29(26,27)24-14-10(8(5-17)22-24)13(18)23(19)15(28)21-14/h1-4,25H,18-19H2. The molecule has 14 heteroatoms. The quantitative estimate of drug-likeness (QED) is 0.190. The second kappa shape index (κ2) is 6.50. The van der Waals surface area contributed by atoms with Gasteiger partial charge in [0.05, 0.1) is 3.57 Å². The van der Waals surface area contributed by atoms with Gasteiger partial charge in [-0.25, -0.2) is 4.68 Å². The van der Waals surface area contributed by atoms with Crippen LogP contribution in [-0.4, -0.2) is 37.4 Å². The predicted molar refractivity (Wildman–Crippen MR) is 114 cm³/mol. The molecule has 5 N–H and O–H groups in total. The summed E-state index contributed by atoms with van der Waals surface area (Å²) in [5.74, 6) is 5.41. The lowest BCUT2D eigenvalue weighted by Gasteiger charge is -2.11. The van der Waals surface area contributed by atoms with Crippen molar-refractivity contribution in [1.82, 2.24) is 23.8 Å². The van der Waals surface area contributed by atoms with Crippen LogP contribution in [0.1, 0.15) is 5.69 Å². The van der Waals surface area contributed by atoms with Gasteiger partial charge in [-0.1, -0.05) is 0 Å². The summed E-state index contributed by atoms with van der Waals surface area (Å²) in [4.78, 5) is 7.86. The highest BCUT2D eigenvalue weighted by Gasteiger charge is 2.29. The van der Waals surface area contributed by atoms with Crippen LogP contribution in [0.25, 0.3) is 21.9 Å². The van der Waals surface area contributed by atoms with Crippen molar-refractivity contribution in [3.05, 3.63) is 38.4 Å². The molecule has 4 rings (SSSR count). The summed E-state index contributed by atoms with van der Waals surface area (Å²) >= 11 is 6.81. The average Bonchev–Trinajstić information content (AvgIpc) is 3.08. The third-order valence-electron chi connectivity index (χ3n) is 4.15. The molecule has 0 bridgehead atoms. The highest BCUT2D eigenvalue weighted by Crippen LogP contribution is 2.35. The molecule has 11 nitrogen and oxygen atoms in total. The minimum atomic E-state index is -4.38. The minimum Gasteiger partial charge on any atom is -0.505 e. The van der Waals surface area contributed by atoms with Crippen molar-refractivity contribution in [2.45, 2.75) is 4.90 Å². The number of halogens is 1. The minimum absolute atomic E-state index is 0.0388. The Morgan fingerprint density at radius 1 is 1.38 bits per heavy atom. The van der Waals surface area contributed by atoms with E-state index in [0.717, 1.165) is 4.68 Å². The third kappa shape index (κ3) is 2.69. The van der Waals surface area contributed by atoms with Crippen LogP contribution in [-0.2, 0) is 10.0 Å². The van der Waals surface area contributed by atoms with E-state index in [9.17, 15) is 18.8 Å². The lowest BCUT2D eigenvalue weighted by Crippen LogP contribution is -2.19. The van der Waals surface area contributed by atoms with Gasteiger partial charge in [0, 0.05) is 11.6 Å². The van der Waals surface area contributed by atoms with E-state index in [2.05, 4.69) is 15.1 Å². The number of phenols is 1. The molecule has 0 unspecified atom stereocenters. The number of nitrogens with two attached hydrogens (primary N) is 2. The third-order valence-corrected chi connectivity index (χ3v) is 6.86. The Morgan fingerprint density at radius 3 is 2.79 bits per heavy atom. The van der Waals surface area contributed by atoms with Crippen molar-refractivity contribution >= 4 is 72.6 Å². The summed E-state index contributed by atoms with van der Waals surface area (Å²) in [6.07, 6.45) is 1.43. The number of fused-ring (bicyclic) bond motifs is 2. The maximum Gasteiger partial charge on any atom is 0.285 e. The lowest BCUT2D eigenvalue weighted by atomic mass is 10.2. The number of pyridine rings is 1. The van der Waals surface area contributed by atoms with Crippen molar-refractivity contribution in [3.8, 4) is 11.8 Å². The topological polar surface area (TPSA) is 179 Å². The fraction of sp³-hybridized carbons (Fsp3) is 0. The number of hydrogen-bond donors (Lipinski definition) is 3. The molecule has 4 aromatic rings. The molecule has 0 spiro atoms. The van der Waals surface area contributed by atoms with E-state index in [4.69, 9.17) is 23.8 Å². The highest BCUT2D eigenvalue weighted by molar-refractivity contribution is 14.1. The van der Waals surface area contributed by atoms with Gasteiger partial charge in [-0.05, 0) is 53.0 Å². The summed E-state index contributed by atoms with van der Waals surface area (Å²) in [7, 11) is -4.38. The molecular formula is C15H9IN8O3S2. The van der Waals surface area contributed by atoms with E-state index in [0.29, 0.717) is 4.09 Å². The number of nitriles is 1. The summed E-state index contributed by atoms with van der Waals surface area (Å²) in [6, 6.07) is 6.09. The zero-order chi connectivity index (χ0) is 21.1. The zero-order valence-electron chi connectivity index (χ0n) is 14.1. The highest BCUT2D eigenvalue weighted by atomic mass is 127. The van der Waals surface area contributed by atoms with Crippen molar-refractivity contribution in [3.63, 3.8) is 0 Å². The molecule has 29 heavy (non-hydrogen) atoms. The van der Waals surface area contributed by atoms with Crippen LogP contribution in [0.15, 0.2) is 29.3 Å². The fourth-order valence-corrected chi connectivity index (χ4v) is 5.22. The summed E-state index contributed by atoms with van der Waals surface area (Å²) in [5, 5.41) is 23.7. The molecule has 0 fully saturated rings. The van der Waals surface area contributed by atoms with E-state index < -0.39 is 10.0 Å². The second-order valence-electron chi connectivity index (χ2n) is 5.76. The smallest absolute Gasteiger partial charge is 0.285 e. The van der Waals surface area contributed by atoms with Crippen molar-refractivity contribution in [1.29, 1.82) is 5.26 Å². The van der Waals surface area contributed by atoms with E-state index in [1.807, 2.05) is 0 Å². The first-order valence-electron chi connectivity index (χ1n) is 7.66. The Bertz CT molecular complexity index is 1550. The van der Waals surface area contributed by atoms with E-state index in [1.165, 1.54) is 24.4 Å². The molecule has 0 radical (unpaired) electrons. The lowest BCUT2D eigenvalue weighted by molar-refractivity contribution is 0.476. The number of benzene rings is 1. The van der Waals surface area contributed by atoms with Gasteiger partial charge in [0.25, 0.3) is 10.0 Å². The number of phenolic OH excluding ortho intramolecular Hbond substituents is 1. The first kappa shape index (κ1) is 19.3. The molecule has 1 aromatic carbocycles. The van der Waals surface area contributed by atoms with Gasteiger partial charge in [0.2, 0.25) is 4.77 Å². The van der Waals surface area contributed by atoms with Crippen LogP contribution in [0.5, 0.6) is 5.75 Å². The van der Waals surface area contributed by atoms with Crippen molar-refractivity contribution < 1.29 is 13.5 Å². The van der Waals surface area contributed by atoms with Crippen LogP contribution in [0.4, 0.5) is 5.82 Å². The van der Waals surface area contributed by atoms with Crippen molar-refractivity contribution in [2.75, 3.05) is 11.6 Å². The number of nitrogens with zero attached hydrogens (tertiary/aromatic N) is 6. The van der Waals surface area contributed by atoms with Gasteiger partial charge in [0.1, 0.15) is 27.7 Å². The maximum absolute atomic E-state index is 13.5. The maximum atomic E-state index is 13.5. The first-order valence-corrected chi connectivity index (χ1v) is 10.6. The van der Waals surface area contributed by atoms with Crippen molar-refractivity contribution in [2.24, 2.45) is 0 Å². The van der Waals surface area contributed by atoms with Crippen LogP contribution in [0.3, 0.4) is 0 Å². The van der Waals surface area contributed by atoms with Gasteiger partial charge >= 0.3 is 0 Å². The average molecular weight is 540 g/mol. The van der Waals surface area contributed by atoms with Crippen LogP contribution in [0, 0.1) is 19.7 Å². The molecule has 0 saturated heterocycles. The van der Waals surface area contributed by atoms with Gasteiger partial charge < -0.3 is 16.7 Å². The molecule has 0 amide bonds. The van der Waals surface area contributed by atoms with Gasteiger partial charge in [-0.2, -0.15) is 18.7 Å². The molecular weight excluding hydrogens is 531 g/mol. The summed E-state index contributed by atoms with van der Waals surface area (Å²) < 4.78 is 28.5. The summed E-state index contributed by atoms with van der Waals surface area (Å²) in [5.41, 5.74) is 5.51. The molecule has 0 saturated carbocycles. The molecule has 0 aliphatic heterocycles. The largest absolute Gasteiger partial charge is 0.505 e. The first-order chi connectivity index (χ1) is 13.7. The zero-order valence-corrected chi connectivity index (χ0v) is 17.9. The van der Waals surface area contributed by atoms with Gasteiger partial charge in [-0.15, -0.1) is 9.19 Å². The van der Waals surface area contributed by atoms with Gasteiger partial charge in [0.15, 0.2) is 17.1 Å². The Hall–Kier alpha value is -3.03. The number of hydrogen-bond acceptors (Lipinski definition) is 10. The van der Waals surface area contributed by atoms with E-state index >= 15 is 0 Å². The number of aromatic hydroxyl groups is 1. The Morgan fingerprint density at radius 2 is 2.10 bits per heavy atom. The second-order valence-corrected chi connectivity index (χ2v) is 9.02. The van der Waals surface area contributed by atoms with Crippen LogP contribution in [0.2, 0.25) is 0 Å². The SMILES string of the molecule is N#Cc1nn(S(=O)(=O)c2cc(I)c(O)c3ncccc23)c2nc(=S)n(N)c(N)c12.